The Bertz CT molecular complexity index is 1610. The van der Waals surface area contributed by atoms with Crippen molar-refractivity contribution in [3.63, 3.8) is 0 Å². The molecule has 1 aliphatic rings. The molecule has 5 aromatic carbocycles. The predicted molar refractivity (Wildman–Crippen MR) is 181 cm³/mol. The Morgan fingerprint density at radius 3 is 1.90 bits per heavy atom. The number of allylic oxidation sites excluding steroid dienone is 4. The van der Waals surface area contributed by atoms with E-state index in [1.54, 1.807) is 33.0 Å². The SMILES string of the molecule is CCCCc1c(C)c(C)cc2c1[cH-]c1cc(C)c(C)cc12.[C-]1=CC=CC1.[Zr+2]=[C](Cc1ccccc1)Cc1ccccc1. The third-order valence-electron chi connectivity index (χ3n) is 8.16. The molecule has 0 spiro atoms. The standard InChI is InChI=1S/C21H25.C15H14.C5H5.Zr/c1-6-7-8-18-16(5)15(4)11-20-19-10-14(3)13(2)9-17(19)12-21(18)20;1-3-8-14(9-4-1)12-7-13-15-10-5-2-6-11-15;1-2-4-5-3-1;/h9-12H,6-8H2,1-5H3;1-6,8-11H,12-13H2;1-3H,4H2;/q-1;;-1;+2. The van der Waals surface area contributed by atoms with E-state index < -0.39 is 0 Å². The summed E-state index contributed by atoms with van der Waals surface area (Å²) in [6, 6.07) is 30.9. The second kappa shape index (κ2) is 16.0. The first-order valence-electron chi connectivity index (χ1n) is 15.3. The van der Waals surface area contributed by atoms with E-state index >= 15 is 0 Å². The monoisotopic (exact) mass is 626 g/mol. The maximum atomic E-state index is 2.99. The van der Waals surface area contributed by atoms with Gasteiger partial charge in [0.1, 0.15) is 0 Å². The van der Waals surface area contributed by atoms with Crippen LogP contribution in [0.4, 0.5) is 0 Å². The van der Waals surface area contributed by atoms with E-state index in [9.17, 15) is 0 Å². The molecule has 0 saturated heterocycles. The van der Waals surface area contributed by atoms with E-state index in [-0.39, 0.29) is 0 Å². The van der Waals surface area contributed by atoms with Gasteiger partial charge in [-0.05, 0) is 27.7 Å². The van der Waals surface area contributed by atoms with Crippen molar-refractivity contribution in [2.24, 2.45) is 0 Å². The summed E-state index contributed by atoms with van der Waals surface area (Å²) in [5.41, 5.74) is 10.1. The first-order chi connectivity index (χ1) is 20.4. The van der Waals surface area contributed by atoms with Crippen LogP contribution in [-0.4, -0.2) is 3.21 Å². The summed E-state index contributed by atoms with van der Waals surface area (Å²) >= 11 is 1.55. The molecule has 0 heterocycles. The molecule has 0 fully saturated rings. The first-order valence-corrected chi connectivity index (χ1v) is 16.6. The van der Waals surface area contributed by atoms with Crippen LogP contribution in [0.5, 0.6) is 0 Å². The van der Waals surface area contributed by atoms with Gasteiger partial charge in [0, 0.05) is 0 Å². The molecular formula is C41H44Zr. The van der Waals surface area contributed by atoms with E-state index in [1.807, 2.05) is 12.2 Å². The fraction of sp³-hybridized carbons (Fsp3) is 0.268. The zero-order valence-electron chi connectivity index (χ0n) is 26.1. The average molecular weight is 628 g/mol. The van der Waals surface area contributed by atoms with E-state index in [2.05, 4.69) is 132 Å². The minimum atomic E-state index is 1.01. The van der Waals surface area contributed by atoms with Gasteiger partial charge in [-0.15, -0.1) is 45.7 Å². The fourth-order valence-corrected chi connectivity index (χ4v) is 6.51. The Morgan fingerprint density at radius 1 is 0.786 bits per heavy atom. The Hall–Kier alpha value is -3.02. The molecule has 42 heavy (non-hydrogen) atoms. The van der Waals surface area contributed by atoms with Gasteiger partial charge in [-0.2, -0.15) is 6.08 Å². The van der Waals surface area contributed by atoms with Crippen molar-refractivity contribution in [3.05, 3.63) is 148 Å². The Kier molecular flexibility index (Phi) is 12.2. The topological polar surface area (TPSA) is 0 Å². The molecule has 5 aromatic rings. The Morgan fingerprint density at radius 2 is 1.38 bits per heavy atom. The molecule has 0 atom stereocenters. The first kappa shape index (κ1) is 31.9. The molecule has 0 aliphatic heterocycles. The van der Waals surface area contributed by atoms with Gasteiger partial charge in [0.05, 0.1) is 0 Å². The molecule has 1 heteroatoms. The second-order valence-electron chi connectivity index (χ2n) is 11.5. The third-order valence-corrected chi connectivity index (χ3v) is 9.03. The molecule has 0 amide bonds. The van der Waals surface area contributed by atoms with Gasteiger partial charge < -0.3 is 0 Å². The molecular weight excluding hydrogens is 584 g/mol. The summed E-state index contributed by atoms with van der Waals surface area (Å²) in [6.07, 6.45) is 16.0. The van der Waals surface area contributed by atoms with E-state index in [0.717, 1.165) is 19.3 Å². The number of hydrogen-bond donors (Lipinski definition) is 0. The van der Waals surface area contributed by atoms with Crippen molar-refractivity contribution in [2.75, 3.05) is 0 Å². The summed E-state index contributed by atoms with van der Waals surface area (Å²) in [5.74, 6) is 0. The molecule has 0 radical (unpaired) electrons. The zero-order chi connectivity index (χ0) is 29.9. The fourth-order valence-electron chi connectivity index (χ4n) is 5.50. The van der Waals surface area contributed by atoms with Crippen LogP contribution in [0, 0.1) is 33.8 Å². The van der Waals surface area contributed by atoms with Crippen LogP contribution in [0.15, 0.2) is 103 Å². The van der Waals surface area contributed by atoms with Crippen molar-refractivity contribution in [2.45, 2.75) is 73.1 Å². The second-order valence-corrected chi connectivity index (χ2v) is 13.2. The van der Waals surface area contributed by atoms with Crippen LogP contribution in [-0.2, 0) is 43.5 Å². The van der Waals surface area contributed by atoms with Gasteiger partial charge in [0.15, 0.2) is 0 Å². The molecule has 0 unspecified atom stereocenters. The molecule has 0 bridgehead atoms. The number of rotatable bonds is 7. The summed E-state index contributed by atoms with van der Waals surface area (Å²) < 4.78 is 1.60. The normalized spacial score (nSPS) is 11.8. The molecule has 0 N–H and O–H groups in total. The van der Waals surface area contributed by atoms with Crippen LogP contribution in [0.3, 0.4) is 0 Å². The van der Waals surface area contributed by atoms with Crippen LogP contribution in [0.25, 0.3) is 21.5 Å². The number of aryl methyl sites for hydroxylation is 4. The number of unbranched alkanes of at least 4 members (excludes halogenated alkanes) is 1. The van der Waals surface area contributed by atoms with E-state index in [1.165, 1.54) is 74.2 Å². The van der Waals surface area contributed by atoms with Gasteiger partial charge in [-0.3, -0.25) is 6.08 Å². The van der Waals surface area contributed by atoms with Crippen LogP contribution < -0.4 is 0 Å². The van der Waals surface area contributed by atoms with Crippen LogP contribution in [0.2, 0.25) is 0 Å². The van der Waals surface area contributed by atoms with Crippen LogP contribution in [0.1, 0.15) is 65.1 Å². The van der Waals surface area contributed by atoms with Gasteiger partial charge >= 0.3 is 112 Å². The van der Waals surface area contributed by atoms with Crippen molar-refractivity contribution >= 4 is 24.8 Å². The van der Waals surface area contributed by atoms with Gasteiger partial charge in [0.2, 0.25) is 0 Å². The summed E-state index contributed by atoms with van der Waals surface area (Å²) in [7, 11) is 0. The molecule has 0 saturated carbocycles. The van der Waals surface area contributed by atoms with Crippen molar-refractivity contribution in [1.29, 1.82) is 0 Å². The molecule has 0 nitrogen and oxygen atoms in total. The van der Waals surface area contributed by atoms with Crippen molar-refractivity contribution in [3.8, 4) is 0 Å². The Balaban J connectivity index is 0.000000170. The third kappa shape index (κ3) is 8.75. The van der Waals surface area contributed by atoms with E-state index in [0.29, 0.717) is 0 Å². The number of benzene rings is 4. The molecule has 212 valence electrons. The summed E-state index contributed by atoms with van der Waals surface area (Å²) in [6.45, 7) is 11.2. The molecule has 1 aliphatic carbocycles. The molecule has 6 rings (SSSR count). The van der Waals surface area contributed by atoms with Gasteiger partial charge in [0.25, 0.3) is 0 Å². The van der Waals surface area contributed by atoms with Crippen LogP contribution >= 0.6 is 0 Å². The number of fused-ring (bicyclic) bond motifs is 3. The van der Waals surface area contributed by atoms with E-state index in [4.69, 9.17) is 0 Å². The summed E-state index contributed by atoms with van der Waals surface area (Å²) in [5, 5.41) is 5.75. The quantitative estimate of drug-likeness (QED) is 0.158. The maximum absolute atomic E-state index is 2.99. The molecule has 0 aromatic heterocycles. The van der Waals surface area contributed by atoms with Gasteiger partial charge in [-0.1, -0.05) is 60.6 Å². The number of hydrogen-bond acceptors (Lipinski definition) is 0. The average Bonchev–Trinajstić information content (AvgIpc) is 3.68. The zero-order valence-corrected chi connectivity index (χ0v) is 28.5. The predicted octanol–water partition coefficient (Wildman–Crippen LogP) is 10.8. The minimum absolute atomic E-state index is 1.01. The van der Waals surface area contributed by atoms with Crippen molar-refractivity contribution < 1.29 is 24.2 Å². The van der Waals surface area contributed by atoms with Gasteiger partial charge in [-0.25, -0.2) is 12.2 Å². The summed E-state index contributed by atoms with van der Waals surface area (Å²) in [4.78, 5) is 0. The van der Waals surface area contributed by atoms with Crippen molar-refractivity contribution in [1.82, 2.24) is 0 Å². The Labute approximate surface area is 268 Å².